The average molecular weight is 238 g/mol. The SMILES string of the molecule is C=COCC1CCC(COCC(=O)C=C)CC1. The van der Waals surface area contributed by atoms with Crippen molar-refractivity contribution in [3.63, 3.8) is 0 Å². The van der Waals surface area contributed by atoms with Crippen LogP contribution in [0.1, 0.15) is 25.7 Å². The zero-order valence-corrected chi connectivity index (χ0v) is 10.4. The van der Waals surface area contributed by atoms with E-state index in [9.17, 15) is 4.79 Å². The Morgan fingerprint density at radius 2 is 1.71 bits per heavy atom. The van der Waals surface area contributed by atoms with Crippen molar-refractivity contribution in [2.75, 3.05) is 19.8 Å². The van der Waals surface area contributed by atoms with Gasteiger partial charge in [-0.25, -0.2) is 0 Å². The molecule has 0 atom stereocenters. The van der Waals surface area contributed by atoms with Gasteiger partial charge in [-0.15, -0.1) is 0 Å². The van der Waals surface area contributed by atoms with Gasteiger partial charge in [0.15, 0.2) is 5.78 Å². The molecule has 0 amide bonds. The number of ketones is 1. The van der Waals surface area contributed by atoms with E-state index >= 15 is 0 Å². The van der Waals surface area contributed by atoms with Crippen LogP contribution in [0.15, 0.2) is 25.5 Å². The van der Waals surface area contributed by atoms with Crippen LogP contribution in [0, 0.1) is 11.8 Å². The normalized spacial score (nSPS) is 24.0. The lowest BCUT2D eigenvalue weighted by Crippen LogP contribution is -2.22. The highest BCUT2D eigenvalue weighted by Crippen LogP contribution is 2.29. The standard InChI is InChI=1S/C14H22O3/c1-3-14(15)11-17-10-13-7-5-12(6-8-13)9-16-4-2/h3-4,12-13H,1-2,5-11H2. The third-order valence-electron chi connectivity index (χ3n) is 3.24. The molecule has 1 aliphatic rings. The van der Waals surface area contributed by atoms with Gasteiger partial charge in [0.05, 0.1) is 19.5 Å². The van der Waals surface area contributed by atoms with Crippen LogP contribution >= 0.6 is 0 Å². The molecule has 0 unspecified atom stereocenters. The molecule has 0 N–H and O–H groups in total. The van der Waals surface area contributed by atoms with E-state index in [1.807, 2.05) is 0 Å². The first kappa shape index (κ1) is 14.0. The second-order valence-corrected chi connectivity index (χ2v) is 4.57. The molecule has 0 aromatic heterocycles. The summed E-state index contributed by atoms with van der Waals surface area (Å²) in [6.07, 6.45) is 7.50. The summed E-state index contributed by atoms with van der Waals surface area (Å²) in [6.45, 7) is 8.60. The topological polar surface area (TPSA) is 35.5 Å². The van der Waals surface area contributed by atoms with E-state index in [0.29, 0.717) is 18.4 Å². The van der Waals surface area contributed by atoms with Crippen molar-refractivity contribution in [2.45, 2.75) is 25.7 Å². The van der Waals surface area contributed by atoms with Crippen LogP contribution in [0.25, 0.3) is 0 Å². The molecule has 96 valence electrons. The Labute approximate surface area is 103 Å². The van der Waals surface area contributed by atoms with Gasteiger partial charge in [-0.2, -0.15) is 0 Å². The fourth-order valence-corrected chi connectivity index (χ4v) is 2.15. The van der Waals surface area contributed by atoms with E-state index in [1.54, 1.807) is 0 Å². The molecule has 1 saturated carbocycles. The van der Waals surface area contributed by atoms with Gasteiger partial charge in [0.2, 0.25) is 0 Å². The van der Waals surface area contributed by atoms with Gasteiger partial charge in [-0.1, -0.05) is 13.2 Å². The molecule has 0 saturated heterocycles. The van der Waals surface area contributed by atoms with E-state index in [1.165, 1.54) is 25.2 Å². The predicted molar refractivity (Wildman–Crippen MR) is 67.6 cm³/mol. The van der Waals surface area contributed by atoms with E-state index < -0.39 is 0 Å². The molecule has 0 spiro atoms. The van der Waals surface area contributed by atoms with Crippen molar-refractivity contribution in [3.05, 3.63) is 25.5 Å². The lowest BCUT2D eigenvalue weighted by atomic mass is 9.83. The van der Waals surface area contributed by atoms with Crippen LogP contribution in [0.4, 0.5) is 0 Å². The van der Waals surface area contributed by atoms with Gasteiger partial charge in [0, 0.05) is 0 Å². The summed E-state index contributed by atoms with van der Waals surface area (Å²) in [6, 6.07) is 0. The van der Waals surface area contributed by atoms with Crippen LogP contribution in [0.5, 0.6) is 0 Å². The number of rotatable bonds is 8. The molecule has 3 heteroatoms. The molecular formula is C14H22O3. The Bertz CT molecular complexity index is 252. The van der Waals surface area contributed by atoms with E-state index in [0.717, 1.165) is 19.4 Å². The Balaban J connectivity index is 2.08. The van der Waals surface area contributed by atoms with Crippen LogP contribution in [0.3, 0.4) is 0 Å². The minimum Gasteiger partial charge on any atom is -0.502 e. The van der Waals surface area contributed by atoms with Crippen LogP contribution in [-0.4, -0.2) is 25.6 Å². The van der Waals surface area contributed by atoms with Crippen molar-refractivity contribution < 1.29 is 14.3 Å². The lowest BCUT2D eigenvalue weighted by Gasteiger charge is -2.27. The molecule has 0 aromatic rings. The Morgan fingerprint density at radius 3 is 2.24 bits per heavy atom. The molecule has 3 nitrogen and oxygen atoms in total. The first-order chi connectivity index (χ1) is 8.26. The van der Waals surface area contributed by atoms with E-state index in [4.69, 9.17) is 9.47 Å². The highest BCUT2D eigenvalue weighted by Gasteiger charge is 2.21. The van der Waals surface area contributed by atoms with Crippen molar-refractivity contribution in [1.82, 2.24) is 0 Å². The van der Waals surface area contributed by atoms with Crippen LogP contribution < -0.4 is 0 Å². The quantitative estimate of drug-likeness (QED) is 0.482. The van der Waals surface area contributed by atoms with Crippen LogP contribution in [0.2, 0.25) is 0 Å². The Kier molecular flexibility index (Phi) is 6.63. The monoisotopic (exact) mass is 238 g/mol. The Hall–Kier alpha value is -1.09. The molecule has 1 aliphatic carbocycles. The zero-order chi connectivity index (χ0) is 12.5. The number of carbonyl (C=O) groups is 1. The fraction of sp³-hybridized carbons (Fsp3) is 0.643. The summed E-state index contributed by atoms with van der Waals surface area (Å²) in [5, 5.41) is 0. The molecule has 0 aromatic carbocycles. The fourth-order valence-electron chi connectivity index (χ4n) is 2.15. The van der Waals surface area contributed by atoms with E-state index in [-0.39, 0.29) is 12.4 Å². The van der Waals surface area contributed by atoms with Gasteiger partial charge < -0.3 is 9.47 Å². The highest BCUT2D eigenvalue weighted by atomic mass is 16.5. The van der Waals surface area contributed by atoms with Crippen molar-refractivity contribution >= 4 is 5.78 Å². The smallest absolute Gasteiger partial charge is 0.180 e. The minimum atomic E-state index is -0.0435. The van der Waals surface area contributed by atoms with Gasteiger partial charge in [-0.3, -0.25) is 4.79 Å². The summed E-state index contributed by atoms with van der Waals surface area (Å²) in [7, 11) is 0. The number of hydrogen-bond donors (Lipinski definition) is 0. The highest BCUT2D eigenvalue weighted by molar-refractivity contribution is 5.90. The molecule has 0 bridgehead atoms. The summed E-state index contributed by atoms with van der Waals surface area (Å²) in [4.78, 5) is 11.0. The van der Waals surface area contributed by atoms with E-state index in [2.05, 4.69) is 13.2 Å². The molecular weight excluding hydrogens is 216 g/mol. The van der Waals surface area contributed by atoms with Gasteiger partial charge in [-0.05, 0) is 43.6 Å². The first-order valence-electron chi connectivity index (χ1n) is 6.21. The lowest BCUT2D eigenvalue weighted by molar-refractivity contribution is -0.119. The Morgan fingerprint density at radius 1 is 1.12 bits per heavy atom. The zero-order valence-electron chi connectivity index (χ0n) is 10.4. The minimum absolute atomic E-state index is 0.0435. The third-order valence-corrected chi connectivity index (χ3v) is 3.24. The summed E-state index contributed by atoms with van der Waals surface area (Å²) in [5.74, 6) is 1.20. The van der Waals surface area contributed by atoms with Crippen molar-refractivity contribution in [3.8, 4) is 0 Å². The molecule has 0 aliphatic heterocycles. The maximum absolute atomic E-state index is 11.0. The largest absolute Gasteiger partial charge is 0.502 e. The molecule has 1 fully saturated rings. The maximum Gasteiger partial charge on any atom is 0.180 e. The average Bonchev–Trinajstić information content (AvgIpc) is 2.37. The number of hydrogen-bond acceptors (Lipinski definition) is 3. The molecule has 0 radical (unpaired) electrons. The maximum atomic E-state index is 11.0. The third kappa shape index (κ3) is 5.68. The van der Waals surface area contributed by atoms with Gasteiger partial charge in [0.1, 0.15) is 6.61 Å². The number of ether oxygens (including phenoxy) is 2. The summed E-state index contributed by atoms with van der Waals surface area (Å²) < 4.78 is 10.6. The van der Waals surface area contributed by atoms with Crippen molar-refractivity contribution in [2.24, 2.45) is 11.8 Å². The molecule has 17 heavy (non-hydrogen) atoms. The summed E-state index contributed by atoms with van der Waals surface area (Å²) in [5.41, 5.74) is 0. The molecule has 0 heterocycles. The first-order valence-corrected chi connectivity index (χ1v) is 6.21. The number of carbonyl (C=O) groups excluding carboxylic acids is 1. The molecule has 1 rings (SSSR count). The summed E-state index contributed by atoms with van der Waals surface area (Å²) >= 11 is 0. The second-order valence-electron chi connectivity index (χ2n) is 4.57. The van der Waals surface area contributed by atoms with Gasteiger partial charge >= 0.3 is 0 Å². The van der Waals surface area contributed by atoms with Crippen molar-refractivity contribution in [1.29, 1.82) is 0 Å². The van der Waals surface area contributed by atoms with Crippen LogP contribution in [-0.2, 0) is 14.3 Å². The predicted octanol–water partition coefficient (Wildman–Crippen LogP) is 2.72. The van der Waals surface area contributed by atoms with Gasteiger partial charge in [0.25, 0.3) is 0 Å². The second kappa shape index (κ2) is 8.07.